The standard InChI is InChI=1S/C30H33N3O4/c1-19(2)27-16-23(20(3)15-29(27)35-6)17-31-32-30(34)28-14-13-26(37-28)18-36-25-11-9-24(10-12-25)33-21(4)7-8-22(33)5/h7-17,19H,18H2,1-6H3,(H,32,34). The summed E-state index contributed by atoms with van der Waals surface area (Å²) in [5.41, 5.74) is 8.96. The summed E-state index contributed by atoms with van der Waals surface area (Å²) in [7, 11) is 1.67. The number of aryl methyl sites for hydroxylation is 3. The maximum atomic E-state index is 12.5. The predicted octanol–water partition coefficient (Wildman–Crippen LogP) is 6.47. The summed E-state index contributed by atoms with van der Waals surface area (Å²) in [5.74, 6) is 2.14. The smallest absolute Gasteiger partial charge is 0.307 e. The third-order valence-corrected chi connectivity index (χ3v) is 6.24. The molecule has 0 radical (unpaired) electrons. The highest BCUT2D eigenvalue weighted by atomic mass is 16.5. The van der Waals surface area contributed by atoms with Gasteiger partial charge in [-0.1, -0.05) is 13.8 Å². The number of methoxy groups -OCH3 is 1. The Kier molecular flexibility index (Phi) is 7.82. The number of amides is 1. The molecule has 0 aliphatic heterocycles. The Morgan fingerprint density at radius 3 is 2.38 bits per heavy atom. The van der Waals surface area contributed by atoms with Crippen LogP contribution in [0.4, 0.5) is 0 Å². The summed E-state index contributed by atoms with van der Waals surface area (Å²) >= 11 is 0. The van der Waals surface area contributed by atoms with E-state index >= 15 is 0 Å². The van der Waals surface area contributed by atoms with Crippen molar-refractivity contribution >= 4 is 12.1 Å². The van der Waals surface area contributed by atoms with Crippen LogP contribution in [0.5, 0.6) is 11.5 Å². The van der Waals surface area contributed by atoms with Gasteiger partial charge in [0, 0.05) is 17.1 Å². The van der Waals surface area contributed by atoms with Crippen LogP contribution in [-0.4, -0.2) is 23.8 Å². The van der Waals surface area contributed by atoms with Crippen molar-refractivity contribution in [2.45, 2.75) is 47.1 Å². The molecular weight excluding hydrogens is 466 g/mol. The van der Waals surface area contributed by atoms with Crippen LogP contribution < -0.4 is 14.9 Å². The van der Waals surface area contributed by atoms with Gasteiger partial charge in [0.05, 0.1) is 13.3 Å². The number of nitrogens with one attached hydrogen (secondary N) is 1. The second-order valence-corrected chi connectivity index (χ2v) is 9.30. The van der Waals surface area contributed by atoms with E-state index in [9.17, 15) is 4.79 Å². The summed E-state index contributed by atoms with van der Waals surface area (Å²) in [6, 6.07) is 19.4. The van der Waals surface area contributed by atoms with Gasteiger partial charge in [-0.15, -0.1) is 0 Å². The molecule has 7 heteroatoms. The first-order valence-corrected chi connectivity index (χ1v) is 12.3. The molecule has 2 heterocycles. The van der Waals surface area contributed by atoms with Gasteiger partial charge in [-0.05, 0) is 104 Å². The van der Waals surface area contributed by atoms with Gasteiger partial charge >= 0.3 is 5.91 Å². The number of hydrogen-bond acceptors (Lipinski definition) is 5. The Bertz CT molecular complexity index is 1390. The summed E-state index contributed by atoms with van der Waals surface area (Å²) in [4.78, 5) is 12.5. The highest BCUT2D eigenvalue weighted by Crippen LogP contribution is 2.29. The van der Waals surface area contributed by atoms with Crippen molar-refractivity contribution in [3.8, 4) is 17.2 Å². The summed E-state index contributed by atoms with van der Waals surface area (Å²) in [6.07, 6.45) is 1.63. The molecule has 0 bridgehead atoms. The van der Waals surface area contributed by atoms with E-state index in [0.717, 1.165) is 28.1 Å². The van der Waals surface area contributed by atoms with Gasteiger partial charge in [0.15, 0.2) is 5.76 Å². The maximum absolute atomic E-state index is 12.5. The molecule has 0 atom stereocenters. The van der Waals surface area contributed by atoms with Gasteiger partial charge in [-0.2, -0.15) is 5.10 Å². The van der Waals surface area contributed by atoms with Gasteiger partial charge in [0.25, 0.3) is 0 Å². The van der Waals surface area contributed by atoms with Crippen LogP contribution in [0.2, 0.25) is 0 Å². The van der Waals surface area contributed by atoms with Crippen molar-refractivity contribution in [1.82, 2.24) is 9.99 Å². The fourth-order valence-electron chi connectivity index (χ4n) is 4.20. The van der Waals surface area contributed by atoms with E-state index in [2.05, 4.69) is 54.9 Å². The molecule has 37 heavy (non-hydrogen) atoms. The minimum absolute atomic E-state index is 0.166. The van der Waals surface area contributed by atoms with Crippen LogP contribution >= 0.6 is 0 Å². The molecular formula is C30H33N3O4. The minimum atomic E-state index is -0.431. The average molecular weight is 500 g/mol. The molecule has 4 rings (SSSR count). The average Bonchev–Trinajstić information content (AvgIpc) is 3.49. The topological polar surface area (TPSA) is 78.0 Å². The van der Waals surface area contributed by atoms with Gasteiger partial charge in [-0.3, -0.25) is 4.79 Å². The highest BCUT2D eigenvalue weighted by molar-refractivity contribution is 5.92. The van der Waals surface area contributed by atoms with E-state index in [1.54, 1.807) is 25.5 Å². The molecule has 0 aliphatic carbocycles. The first kappa shape index (κ1) is 25.8. The molecule has 2 aromatic heterocycles. The lowest BCUT2D eigenvalue weighted by molar-refractivity contribution is 0.0923. The van der Waals surface area contributed by atoms with Gasteiger partial charge in [-0.25, -0.2) is 5.43 Å². The molecule has 0 unspecified atom stereocenters. The van der Waals surface area contributed by atoms with Crippen molar-refractivity contribution in [1.29, 1.82) is 0 Å². The lowest BCUT2D eigenvalue weighted by atomic mass is 9.97. The fraction of sp³-hybridized carbons (Fsp3) is 0.267. The number of nitrogens with zero attached hydrogens (tertiary/aromatic N) is 2. The van der Waals surface area contributed by atoms with Gasteiger partial charge in [0.2, 0.25) is 0 Å². The Balaban J connectivity index is 1.34. The number of rotatable bonds is 9. The molecule has 4 aromatic rings. The van der Waals surface area contributed by atoms with Crippen LogP contribution in [0.1, 0.15) is 64.2 Å². The zero-order valence-electron chi connectivity index (χ0n) is 22.2. The van der Waals surface area contributed by atoms with Crippen molar-refractivity contribution in [3.05, 3.63) is 100 Å². The zero-order chi connectivity index (χ0) is 26.5. The van der Waals surface area contributed by atoms with Crippen molar-refractivity contribution in [3.63, 3.8) is 0 Å². The van der Waals surface area contributed by atoms with Crippen molar-refractivity contribution < 1.29 is 18.7 Å². The highest BCUT2D eigenvalue weighted by Gasteiger charge is 2.13. The number of aromatic nitrogens is 1. The Morgan fingerprint density at radius 2 is 1.73 bits per heavy atom. The lowest BCUT2D eigenvalue weighted by Gasteiger charge is -2.14. The van der Waals surface area contributed by atoms with Crippen LogP contribution in [0.3, 0.4) is 0 Å². The molecule has 2 aromatic carbocycles. The van der Waals surface area contributed by atoms with Gasteiger partial charge in [0.1, 0.15) is 23.9 Å². The Labute approximate surface area is 217 Å². The minimum Gasteiger partial charge on any atom is -0.496 e. The van der Waals surface area contributed by atoms with E-state index in [1.165, 1.54) is 11.4 Å². The van der Waals surface area contributed by atoms with Crippen LogP contribution in [0, 0.1) is 20.8 Å². The number of hydrazone groups is 1. The Morgan fingerprint density at radius 1 is 1.03 bits per heavy atom. The molecule has 0 spiro atoms. The van der Waals surface area contributed by atoms with Crippen LogP contribution in [-0.2, 0) is 6.61 Å². The summed E-state index contributed by atoms with van der Waals surface area (Å²) < 4.78 is 19.2. The first-order valence-electron chi connectivity index (χ1n) is 12.3. The predicted molar refractivity (Wildman–Crippen MR) is 145 cm³/mol. The third kappa shape index (κ3) is 5.94. The van der Waals surface area contributed by atoms with Crippen molar-refractivity contribution in [2.24, 2.45) is 5.10 Å². The molecule has 1 amide bonds. The maximum Gasteiger partial charge on any atom is 0.307 e. The zero-order valence-corrected chi connectivity index (χ0v) is 22.2. The first-order chi connectivity index (χ1) is 17.8. The normalized spacial score (nSPS) is 11.3. The monoisotopic (exact) mass is 499 g/mol. The number of ether oxygens (including phenoxy) is 2. The van der Waals surface area contributed by atoms with E-state index in [1.807, 2.05) is 43.3 Å². The number of carbonyl (C=O) groups is 1. The quantitative estimate of drug-likeness (QED) is 0.211. The molecule has 192 valence electrons. The molecule has 0 aliphatic rings. The SMILES string of the molecule is COc1cc(C)c(C=NNC(=O)c2ccc(COc3ccc(-n4c(C)ccc4C)cc3)o2)cc1C(C)C. The van der Waals surface area contributed by atoms with Crippen LogP contribution in [0.15, 0.2) is 70.2 Å². The summed E-state index contributed by atoms with van der Waals surface area (Å²) in [5, 5.41) is 4.12. The second kappa shape index (κ2) is 11.2. The molecule has 7 nitrogen and oxygen atoms in total. The van der Waals surface area contributed by atoms with E-state index in [0.29, 0.717) is 17.4 Å². The number of carbonyl (C=O) groups excluding carboxylic acids is 1. The number of benzene rings is 2. The van der Waals surface area contributed by atoms with Crippen LogP contribution in [0.25, 0.3) is 5.69 Å². The Hall–Kier alpha value is -4.26. The number of furan rings is 1. The number of hydrogen-bond donors (Lipinski definition) is 1. The molecule has 0 saturated carbocycles. The van der Waals surface area contributed by atoms with E-state index in [-0.39, 0.29) is 12.4 Å². The summed E-state index contributed by atoms with van der Waals surface area (Å²) in [6.45, 7) is 10.6. The molecule has 1 N–H and O–H groups in total. The largest absolute Gasteiger partial charge is 0.496 e. The molecule has 0 fully saturated rings. The van der Waals surface area contributed by atoms with Crippen molar-refractivity contribution in [2.75, 3.05) is 7.11 Å². The molecule has 0 saturated heterocycles. The van der Waals surface area contributed by atoms with E-state index < -0.39 is 5.91 Å². The lowest BCUT2D eigenvalue weighted by Crippen LogP contribution is -2.17. The fourth-order valence-corrected chi connectivity index (χ4v) is 4.20. The van der Waals surface area contributed by atoms with Gasteiger partial charge < -0.3 is 18.5 Å². The second-order valence-electron chi connectivity index (χ2n) is 9.30. The van der Waals surface area contributed by atoms with E-state index in [4.69, 9.17) is 13.9 Å². The third-order valence-electron chi connectivity index (χ3n) is 6.24.